The minimum Gasteiger partial charge on any atom is -0.383 e. The SMILES string of the molecule is CC1=Cc2c(N)nc3cc(CCCCC(C)(C)C)ccc3c2C1. The van der Waals surface area contributed by atoms with Crippen molar-refractivity contribution in [1.29, 1.82) is 0 Å². The molecule has 1 aromatic carbocycles. The van der Waals surface area contributed by atoms with E-state index in [1.54, 1.807) is 0 Å². The Hall–Kier alpha value is -1.83. The Balaban J connectivity index is 1.78. The van der Waals surface area contributed by atoms with Gasteiger partial charge in [-0.1, -0.05) is 51.0 Å². The molecule has 1 aromatic heterocycles. The van der Waals surface area contributed by atoms with Gasteiger partial charge in [-0.2, -0.15) is 0 Å². The first-order valence-corrected chi connectivity index (χ1v) is 8.72. The van der Waals surface area contributed by atoms with Gasteiger partial charge >= 0.3 is 0 Å². The predicted octanol–water partition coefficient (Wildman–Crippen LogP) is 5.54. The van der Waals surface area contributed by atoms with Gasteiger partial charge in [-0.25, -0.2) is 4.98 Å². The maximum absolute atomic E-state index is 6.16. The van der Waals surface area contributed by atoms with Crippen LogP contribution in [0.4, 0.5) is 5.82 Å². The number of aromatic nitrogens is 1. The molecule has 2 heteroatoms. The van der Waals surface area contributed by atoms with Gasteiger partial charge < -0.3 is 5.73 Å². The number of unbranched alkanes of at least 4 members (excludes halogenated alkanes) is 1. The van der Waals surface area contributed by atoms with Crippen molar-refractivity contribution in [3.8, 4) is 0 Å². The maximum atomic E-state index is 6.16. The van der Waals surface area contributed by atoms with Crippen LogP contribution in [0.5, 0.6) is 0 Å². The number of aryl methyl sites for hydroxylation is 1. The zero-order chi connectivity index (χ0) is 16.6. The first kappa shape index (κ1) is 16.0. The van der Waals surface area contributed by atoms with E-state index in [-0.39, 0.29) is 0 Å². The lowest BCUT2D eigenvalue weighted by Crippen LogP contribution is -2.04. The summed E-state index contributed by atoms with van der Waals surface area (Å²) in [6.07, 6.45) is 8.11. The normalized spacial score (nSPS) is 14.2. The van der Waals surface area contributed by atoms with Crippen LogP contribution < -0.4 is 5.73 Å². The van der Waals surface area contributed by atoms with Gasteiger partial charge in [0.05, 0.1) is 5.52 Å². The molecule has 1 aliphatic rings. The molecular formula is C21H28N2. The lowest BCUT2D eigenvalue weighted by atomic mass is 9.89. The zero-order valence-corrected chi connectivity index (χ0v) is 14.9. The van der Waals surface area contributed by atoms with Crippen molar-refractivity contribution < 1.29 is 0 Å². The first-order valence-electron chi connectivity index (χ1n) is 8.72. The number of anilines is 1. The highest BCUT2D eigenvalue weighted by atomic mass is 14.8. The van der Waals surface area contributed by atoms with Crippen LogP contribution in [0, 0.1) is 5.41 Å². The van der Waals surface area contributed by atoms with Crippen LogP contribution in [0.3, 0.4) is 0 Å². The number of hydrogen-bond acceptors (Lipinski definition) is 2. The molecule has 1 heterocycles. The van der Waals surface area contributed by atoms with Gasteiger partial charge in [-0.05, 0) is 55.2 Å². The molecule has 2 aromatic rings. The van der Waals surface area contributed by atoms with E-state index in [9.17, 15) is 0 Å². The monoisotopic (exact) mass is 308 g/mol. The molecule has 2 N–H and O–H groups in total. The second-order valence-corrected chi connectivity index (χ2v) is 8.18. The van der Waals surface area contributed by atoms with Crippen LogP contribution in [-0.4, -0.2) is 4.98 Å². The molecule has 0 atom stereocenters. The molecule has 0 bridgehead atoms. The van der Waals surface area contributed by atoms with Crippen LogP contribution in [0.15, 0.2) is 23.8 Å². The lowest BCUT2D eigenvalue weighted by molar-refractivity contribution is 0.360. The predicted molar refractivity (Wildman–Crippen MR) is 101 cm³/mol. The van der Waals surface area contributed by atoms with E-state index in [0.717, 1.165) is 23.9 Å². The summed E-state index contributed by atoms with van der Waals surface area (Å²) in [5.74, 6) is 0.675. The van der Waals surface area contributed by atoms with Gasteiger partial charge in [0.2, 0.25) is 0 Å². The third-order valence-corrected chi connectivity index (χ3v) is 4.72. The second-order valence-electron chi connectivity index (χ2n) is 8.18. The highest BCUT2D eigenvalue weighted by Gasteiger charge is 2.17. The number of hydrogen-bond donors (Lipinski definition) is 1. The number of rotatable bonds is 4. The molecule has 0 aliphatic heterocycles. The number of nitrogens with zero attached hydrogens (tertiary/aromatic N) is 1. The molecule has 0 radical (unpaired) electrons. The number of fused-ring (bicyclic) bond motifs is 3. The van der Waals surface area contributed by atoms with Crippen molar-refractivity contribution in [2.24, 2.45) is 5.41 Å². The van der Waals surface area contributed by atoms with E-state index in [1.165, 1.54) is 41.3 Å². The summed E-state index contributed by atoms with van der Waals surface area (Å²) >= 11 is 0. The molecule has 0 fully saturated rings. The van der Waals surface area contributed by atoms with Crippen molar-refractivity contribution in [3.05, 3.63) is 40.5 Å². The van der Waals surface area contributed by atoms with Crippen LogP contribution in [0.1, 0.15) is 63.6 Å². The molecule has 122 valence electrons. The van der Waals surface area contributed by atoms with Crippen LogP contribution >= 0.6 is 0 Å². The smallest absolute Gasteiger partial charge is 0.131 e. The first-order chi connectivity index (χ1) is 10.8. The van der Waals surface area contributed by atoms with E-state index in [0.29, 0.717) is 11.2 Å². The molecule has 1 aliphatic carbocycles. The third kappa shape index (κ3) is 3.57. The minimum absolute atomic E-state index is 0.435. The Bertz CT molecular complexity index is 763. The summed E-state index contributed by atoms with van der Waals surface area (Å²) in [5.41, 5.74) is 12.9. The molecular weight excluding hydrogens is 280 g/mol. The van der Waals surface area contributed by atoms with E-state index in [4.69, 9.17) is 5.73 Å². The third-order valence-electron chi connectivity index (χ3n) is 4.72. The number of allylic oxidation sites excluding steroid dienone is 1. The van der Waals surface area contributed by atoms with Crippen LogP contribution in [0.2, 0.25) is 0 Å². The summed E-state index contributed by atoms with van der Waals surface area (Å²) in [6, 6.07) is 6.74. The van der Waals surface area contributed by atoms with Crippen molar-refractivity contribution in [1.82, 2.24) is 4.98 Å². The van der Waals surface area contributed by atoms with E-state index >= 15 is 0 Å². The van der Waals surface area contributed by atoms with Crippen molar-refractivity contribution in [3.63, 3.8) is 0 Å². The number of nitrogens with two attached hydrogens (primary N) is 1. The van der Waals surface area contributed by atoms with E-state index in [2.05, 4.69) is 57.0 Å². The molecule has 0 amide bonds. The fraction of sp³-hybridized carbons (Fsp3) is 0.476. The topological polar surface area (TPSA) is 38.9 Å². The van der Waals surface area contributed by atoms with Gasteiger partial charge in [0.1, 0.15) is 5.82 Å². The van der Waals surface area contributed by atoms with Crippen LogP contribution in [-0.2, 0) is 12.8 Å². The Morgan fingerprint density at radius 3 is 2.70 bits per heavy atom. The number of pyridine rings is 1. The van der Waals surface area contributed by atoms with E-state index in [1.807, 2.05) is 0 Å². The lowest BCUT2D eigenvalue weighted by Gasteiger charge is -2.17. The highest BCUT2D eigenvalue weighted by Crippen LogP contribution is 2.34. The summed E-state index contributed by atoms with van der Waals surface area (Å²) in [4.78, 5) is 4.64. The standard InChI is InChI=1S/C21H28N2/c1-14-11-17-16-9-8-15(7-5-6-10-21(2,3)4)13-19(16)23-20(22)18(17)12-14/h8-9,12-13H,5-7,10-11H2,1-4H3,(H2,22,23). The second kappa shape index (κ2) is 5.99. The van der Waals surface area contributed by atoms with Gasteiger partial charge in [0.25, 0.3) is 0 Å². The molecule has 0 unspecified atom stereocenters. The quantitative estimate of drug-likeness (QED) is 0.754. The number of nitrogen functional groups attached to an aromatic ring is 1. The summed E-state index contributed by atoms with van der Waals surface area (Å²) < 4.78 is 0. The Morgan fingerprint density at radius 1 is 1.17 bits per heavy atom. The molecule has 0 saturated carbocycles. The molecule has 0 spiro atoms. The van der Waals surface area contributed by atoms with Gasteiger partial charge in [-0.3, -0.25) is 0 Å². The van der Waals surface area contributed by atoms with E-state index < -0.39 is 0 Å². The zero-order valence-electron chi connectivity index (χ0n) is 14.9. The fourth-order valence-corrected chi connectivity index (χ4v) is 3.48. The molecule has 23 heavy (non-hydrogen) atoms. The van der Waals surface area contributed by atoms with Crippen molar-refractivity contribution in [2.45, 2.75) is 59.8 Å². The van der Waals surface area contributed by atoms with Gasteiger partial charge in [0.15, 0.2) is 0 Å². The summed E-state index contributed by atoms with van der Waals surface area (Å²) in [7, 11) is 0. The van der Waals surface area contributed by atoms with Crippen LogP contribution in [0.25, 0.3) is 17.0 Å². The highest BCUT2D eigenvalue weighted by molar-refractivity contribution is 5.91. The fourth-order valence-electron chi connectivity index (χ4n) is 3.48. The van der Waals surface area contributed by atoms with Gasteiger partial charge in [0, 0.05) is 10.9 Å². The van der Waals surface area contributed by atoms with Crippen molar-refractivity contribution >= 4 is 22.8 Å². The number of benzene rings is 1. The minimum atomic E-state index is 0.435. The molecule has 2 nitrogen and oxygen atoms in total. The molecule has 0 saturated heterocycles. The summed E-state index contributed by atoms with van der Waals surface area (Å²) in [6.45, 7) is 9.10. The summed E-state index contributed by atoms with van der Waals surface area (Å²) in [5, 5.41) is 1.26. The Labute approximate surface area is 139 Å². The Kier molecular flexibility index (Phi) is 4.18. The van der Waals surface area contributed by atoms with Gasteiger partial charge in [-0.15, -0.1) is 0 Å². The maximum Gasteiger partial charge on any atom is 0.131 e. The average molecular weight is 308 g/mol. The average Bonchev–Trinajstić information content (AvgIpc) is 2.85. The van der Waals surface area contributed by atoms with Crippen molar-refractivity contribution in [2.75, 3.05) is 5.73 Å². The largest absolute Gasteiger partial charge is 0.383 e. The molecule has 3 rings (SSSR count). The Morgan fingerprint density at radius 2 is 1.96 bits per heavy atom.